The van der Waals surface area contributed by atoms with Gasteiger partial charge in [-0.25, -0.2) is 0 Å². The molecule has 0 bridgehead atoms. The lowest BCUT2D eigenvalue weighted by atomic mass is 10.0. The lowest BCUT2D eigenvalue weighted by Gasteiger charge is -2.39. The van der Waals surface area contributed by atoms with E-state index in [4.69, 9.17) is 4.74 Å². The van der Waals surface area contributed by atoms with Gasteiger partial charge < -0.3 is 14.2 Å². The van der Waals surface area contributed by atoms with Gasteiger partial charge in [0.15, 0.2) is 0 Å². The fraction of sp³-hybridized carbons (Fsp3) is 0.500. The summed E-state index contributed by atoms with van der Waals surface area (Å²) in [7, 11) is 0. The van der Waals surface area contributed by atoms with E-state index in [0.29, 0.717) is 25.3 Å². The van der Waals surface area contributed by atoms with Gasteiger partial charge in [0.1, 0.15) is 0 Å². The molecule has 1 amide bonds. The third-order valence-electron chi connectivity index (χ3n) is 5.07. The number of rotatable bonds is 5. The Labute approximate surface area is 153 Å². The van der Waals surface area contributed by atoms with Gasteiger partial charge in [-0.2, -0.15) is 18.2 Å². The molecular formula is C18H18F3N3O3. The maximum absolute atomic E-state index is 12.8. The van der Waals surface area contributed by atoms with Gasteiger partial charge in [0.2, 0.25) is 11.7 Å². The lowest BCUT2D eigenvalue weighted by Crippen LogP contribution is -2.53. The highest BCUT2D eigenvalue weighted by Crippen LogP contribution is 2.47. The number of aromatic nitrogens is 2. The second kappa shape index (κ2) is 6.33. The van der Waals surface area contributed by atoms with Crippen molar-refractivity contribution in [2.24, 2.45) is 5.41 Å². The second-order valence-corrected chi connectivity index (χ2v) is 7.30. The smallest absolute Gasteiger partial charge is 0.377 e. The van der Waals surface area contributed by atoms with E-state index in [9.17, 15) is 18.0 Å². The summed E-state index contributed by atoms with van der Waals surface area (Å²) in [5.41, 5.74) is 1.02. The van der Waals surface area contributed by atoms with Crippen LogP contribution < -0.4 is 0 Å². The van der Waals surface area contributed by atoms with Crippen molar-refractivity contribution in [2.75, 3.05) is 13.2 Å². The number of nitrogens with zero attached hydrogens (tertiary/aromatic N) is 3. The lowest BCUT2D eigenvalue weighted by molar-refractivity contribution is -0.159. The van der Waals surface area contributed by atoms with Crippen LogP contribution in [-0.4, -0.2) is 40.2 Å². The molecule has 2 aliphatic rings. The molecule has 4 rings (SSSR count). The van der Waals surface area contributed by atoms with Crippen LogP contribution in [0.2, 0.25) is 0 Å². The van der Waals surface area contributed by atoms with E-state index in [2.05, 4.69) is 14.7 Å². The number of carbonyl (C=O) groups excluding carboxylic acids is 1. The minimum absolute atomic E-state index is 0.0705. The second-order valence-electron chi connectivity index (χ2n) is 7.30. The van der Waals surface area contributed by atoms with Gasteiger partial charge in [0, 0.05) is 17.5 Å². The largest absolute Gasteiger partial charge is 0.471 e. The van der Waals surface area contributed by atoms with E-state index in [1.807, 2.05) is 11.8 Å². The van der Waals surface area contributed by atoms with Gasteiger partial charge in [-0.15, -0.1) is 0 Å². The number of halogens is 3. The zero-order valence-corrected chi connectivity index (χ0v) is 14.6. The Bertz CT molecular complexity index is 840. The van der Waals surface area contributed by atoms with Crippen LogP contribution in [0.15, 0.2) is 28.8 Å². The Balaban J connectivity index is 1.49. The number of ether oxygens (including phenoxy) is 1. The first-order chi connectivity index (χ1) is 12.8. The summed E-state index contributed by atoms with van der Waals surface area (Å²) in [6.07, 6.45) is -2.88. The molecule has 1 saturated carbocycles. The number of hydrogen-bond acceptors (Lipinski definition) is 5. The van der Waals surface area contributed by atoms with Crippen molar-refractivity contribution in [3.8, 4) is 11.4 Å². The first-order valence-electron chi connectivity index (χ1n) is 8.65. The van der Waals surface area contributed by atoms with Crippen molar-refractivity contribution >= 4 is 5.91 Å². The summed E-state index contributed by atoms with van der Waals surface area (Å²) in [5.74, 6) is -1.37. The van der Waals surface area contributed by atoms with Crippen LogP contribution in [0.4, 0.5) is 13.2 Å². The summed E-state index contributed by atoms with van der Waals surface area (Å²) < 4.78 is 47.2. The number of benzene rings is 1. The highest BCUT2D eigenvalue weighted by atomic mass is 19.4. The number of amides is 1. The maximum Gasteiger partial charge on any atom is 0.471 e. The van der Waals surface area contributed by atoms with Crippen LogP contribution >= 0.6 is 0 Å². The minimum Gasteiger partial charge on any atom is -0.377 e. The van der Waals surface area contributed by atoms with Crippen LogP contribution in [0, 0.1) is 5.41 Å². The Morgan fingerprint density at radius 1 is 1.26 bits per heavy atom. The number of carbonyl (C=O) groups is 1. The quantitative estimate of drug-likeness (QED) is 0.795. The summed E-state index contributed by atoms with van der Waals surface area (Å²) in [5, 5.41) is 3.38. The van der Waals surface area contributed by atoms with Crippen molar-refractivity contribution in [1.82, 2.24) is 15.0 Å². The monoisotopic (exact) mass is 381 g/mol. The normalized spacial score (nSPS) is 18.8. The van der Waals surface area contributed by atoms with Crippen LogP contribution in [0.3, 0.4) is 0 Å². The van der Waals surface area contributed by atoms with Crippen molar-refractivity contribution in [2.45, 2.75) is 38.5 Å². The molecule has 144 valence electrons. The third-order valence-corrected chi connectivity index (χ3v) is 5.07. The topological polar surface area (TPSA) is 68.5 Å². The van der Waals surface area contributed by atoms with Gasteiger partial charge in [-0.05, 0) is 18.4 Å². The van der Waals surface area contributed by atoms with Crippen molar-refractivity contribution in [3.63, 3.8) is 0 Å². The van der Waals surface area contributed by atoms with Crippen LogP contribution in [0.5, 0.6) is 0 Å². The van der Waals surface area contributed by atoms with Crippen LogP contribution in [-0.2, 0) is 22.3 Å². The van der Waals surface area contributed by atoms with E-state index in [1.54, 1.807) is 24.3 Å². The van der Waals surface area contributed by atoms with Gasteiger partial charge in [-0.1, -0.05) is 36.3 Å². The van der Waals surface area contributed by atoms with Crippen molar-refractivity contribution < 1.29 is 27.2 Å². The molecule has 1 aliphatic heterocycles. The summed E-state index contributed by atoms with van der Waals surface area (Å²) >= 11 is 0. The van der Waals surface area contributed by atoms with Crippen molar-refractivity contribution in [3.05, 3.63) is 35.7 Å². The van der Waals surface area contributed by atoms with Gasteiger partial charge in [0.25, 0.3) is 0 Å². The predicted octanol–water partition coefficient (Wildman–Crippen LogP) is 3.28. The molecule has 9 heteroatoms. The molecule has 6 nitrogen and oxygen atoms in total. The third kappa shape index (κ3) is 3.55. The highest BCUT2D eigenvalue weighted by Gasteiger charge is 2.49. The van der Waals surface area contributed by atoms with E-state index >= 15 is 0 Å². The molecule has 1 aromatic carbocycles. The molecule has 0 spiro atoms. The molecule has 0 radical (unpaired) electrons. The molecule has 2 fully saturated rings. The van der Waals surface area contributed by atoms with E-state index in [1.165, 1.54) is 0 Å². The Kier molecular flexibility index (Phi) is 4.21. The average Bonchev–Trinajstić information content (AvgIpc) is 3.13. The van der Waals surface area contributed by atoms with E-state index < -0.39 is 12.1 Å². The average molecular weight is 381 g/mol. The SMILES string of the molecule is CC1(C(=O)N(Cc2ccc(-c3noc(C(F)(F)F)n3)cc2)C2COC2)CC1. The van der Waals surface area contributed by atoms with Gasteiger partial charge in [0.05, 0.1) is 19.3 Å². The number of hydrogen-bond donors (Lipinski definition) is 0. The molecule has 1 aromatic heterocycles. The molecule has 2 heterocycles. The molecular weight excluding hydrogens is 363 g/mol. The van der Waals surface area contributed by atoms with Crippen LogP contribution in [0.1, 0.15) is 31.2 Å². The molecule has 1 saturated heterocycles. The van der Waals surface area contributed by atoms with E-state index in [0.717, 1.165) is 18.4 Å². The number of alkyl halides is 3. The van der Waals surface area contributed by atoms with Crippen LogP contribution in [0.25, 0.3) is 11.4 Å². The zero-order valence-electron chi connectivity index (χ0n) is 14.6. The zero-order chi connectivity index (χ0) is 19.2. The summed E-state index contributed by atoms with van der Waals surface area (Å²) in [4.78, 5) is 18.0. The summed E-state index contributed by atoms with van der Waals surface area (Å²) in [6.45, 7) is 3.47. The Morgan fingerprint density at radius 2 is 1.93 bits per heavy atom. The van der Waals surface area contributed by atoms with Crippen molar-refractivity contribution in [1.29, 1.82) is 0 Å². The standard InChI is InChI=1S/C18H18F3N3O3/c1-17(6-7-17)16(25)24(13-9-26-10-13)8-11-2-4-12(5-3-11)14-22-15(27-23-14)18(19,20)21/h2-5,13H,6-10H2,1H3. The fourth-order valence-electron chi connectivity index (χ4n) is 2.93. The Morgan fingerprint density at radius 3 is 2.41 bits per heavy atom. The summed E-state index contributed by atoms with van der Waals surface area (Å²) in [6, 6.07) is 6.83. The highest BCUT2D eigenvalue weighted by molar-refractivity contribution is 5.85. The molecule has 0 unspecified atom stereocenters. The molecule has 2 aromatic rings. The molecule has 27 heavy (non-hydrogen) atoms. The maximum atomic E-state index is 12.8. The van der Waals surface area contributed by atoms with Gasteiger partial charge in [-0.3, -0.25) is 4.79 Å². The first-order valence-corrected chi connectivity index (χ1v) is 8.65. The molecule has 1 aliphatic carbocycles. The first kappa shape index (κ1) is 18.0. The van der Waals surface area contributed by atoms with Gasteiger partial charge >= 0.3 is 12.1 Å². The molecule has 0 N–H and O–H groups in total. The fourth-order valence-corrected chi connectivity index (χ4v) is 2.93. The van der Waals surface area contributed by atoms with E-state index in [-0.39, 0.29) is 23.2 Å². The predicted molar refractivity (Wildman–Crippen MR) is 87.2 cm³/mol. The molecule has 0 atom stereocenters. The minimum atomic E-state index is -4.67. The Hall–Kier alpha value is -2.42.